The zero-order chi connectivity index (χ0) is 18.0. The van der Waals surface area contributed by atoms with E-state index in [1.807, 2.05) is 0 Å². The van der Waals surface area contributed by atoms with E-state index in [0.717, 1.165) is 4.90 Å². The number of carbonyl (C=O) groups is 3. The Labute approximate surface area is 137 Å². The lowest BCUT2D eigenvalue weighted by Gasteiger charge is -2.37. The molecular weight excluding hydrogens is 300 g/mol. The number of Topliss-reactive ketones (excluding diaryl/α,β-unsaturated/α-hetero) is 1. The minimum absolute atomic E-state index is 0.0297. The molecule has 1 aliphatic carbocycles. The molecule has 2 N–H and O–H groups in total. The molecule has 0 spiro atoms. The molecule has 0 aromatic heterocycles. The van der Waals surface area contributed by atoms with Gasteiger partial charge in [0.2, 0.25) is 0 Å². The van der Waals surface area contributed by atoms with Crippen molar-refractivity contribution in [3.63, 3.8) is 0 Å². The molecule has 0 bridgehead atoms. The molecule has 0 saturated heterocycles. The molecule has 1 fully saturated rings. The number of carbonyl (C=O) groups excluding carboxylic acids is 3. The highest BCUT2D eigenvalue weighted by Crippen LogP contribution is 2.24. The molecule has 1 aliphatic rings. The summed E-state index contributed by atoms with van der Waals surface area (Å²) in [5.74, 6) is 0.0297. The van der Waals surface area contributed by atoms with Gasteiger partial charge in [0.1, 0.15) is 17.0 Å². The van der Waals surface area contributed by atoms with E-state index in [2.05, 4.69) is 0 Å². The fraction of sp³-hybridized carbons (Fsp3) is 0.812. The van der Waals surface area contributed by atoms with Gasteiger partial charge in [0.25, 0.3) is 0 Å². The second-order valence-electron chi connectivity index (χ2n) is 7.84. The van der Waals surface area contributed by atoms with E-state index in [0.29, 0.717) is 6.42 Å². The summed E-state index contributed by atoms with van der Waals surface area (Å²) in [5.41, 5.74) is 4.48. The predicted octanol–water partition coefficient (Wildman–Crippen LogP) is 2.61. The highest BCUT2D eigenvalue weighted by Gasteiger charge is 2.41. The first-order chi connectivity index (χ1) is 10.3. The van der Waals surface area contributed by atoms with Crippen LogP contribution in [0.25, 0.3) is 0 Å². The molecule has 2 unspecified atom stereocenters. The number of hydrogen-bond donors (Lipinski definition) is 1. The van der Waals surface area contributed by atoms with Gasteiger partial charge < -0.3 is 15.2 Å². The van der Waals surface area contributed by atoms with E-state index in [-0.39, 0.29) is 18.6 Å². The van der Waals surface area contributed by atoms with Crippen LogP contribution in [0.3, 0.4) is 0 Å². The van der Waals surface area contributed by atoms with Gasteiger partial charge in [0.15, 0.2) is 0 Å². The van der Waals surface area contributed by atoms with Gasteiger partial charge in [-0.1, -0.05) is 0 Å². The van der Waals surface area contributed by atoms with Crippen LogP contribution in [0.4, 0.5) is 9.59 Å². The topological polar surface area (TPSA) is 98.9 Å². The maximum absolute atomic E-state index is 12.5. The molecule has 0 aromatic carbocycles. The lowest BCUT2D eigenvalue weighted by atomic mass is 9.89. The van der Waals surface area contributed by atoms with E-state index in [1.54, 1.807) is 41.5 Å². The Hall–Kier alpha value is -1.63. The summed E-state index contributed by atoms with van der Waals surface area (Å²) in [6.07, 6.45) is -0.880. The van der Waals surface area contributed by atoms with E-state index in [1.165, 1.54) is 0 Å². The van der Waals surface area contributed by atoms with Gasteiger partial charge in [-0.3, -0.25) is 4.79 Å². The van der Waals surface area contributed by atoms with E-state index >= 15 is 0 Å². The molecule has 2 amide bonds. The van der Waals surface area contributed by atoms with Gasteiger partial charge in [0.05, 0.1) is 6.04 Å². The van der Waals surface area contributed by atoms with Crippen molar-refractivity contribution in [2.75, 3.05) is 0 Å². The van der Waals surface area contributed by atoms with Gasteiger partial charge in [-0.15, -0.1) is 0 Å². The Kier molecular flexibility index (Phi) is 5.79. The number of rotatable bonds is 1. The molecular formula is C16H28N2O5. The summed E-state index contributed by atoms with van der Waals surface area (Å²) in [5, 5.41) is 0. The minimum atomic E-state index is -0.804. The van der Waals surface area contributed by atoms with Crippen molar-refractivity contribution in [2.24, 2.45) is 5.73 Å². The normalized spacial score (nSPS) is 22.5. The highest BCUT2D eigenvalue weighted by atomic mass is 16.6. The van der Waals surface area contributed by atoms with Crippen LogP contribution in [0.15, 0.2) is 0 Å². The molecule has 23 heavy (non-hydrogen) atoms. The van der Waals surface area contributed by atoms with Gasteiger partial charge in [-0.2, -0.15) is 0 Å². The van der Waals surface area contributed by atoms with Crippen LogP contribution < -0.4 is 5.73 Å². The fourth-order valence-electron chi connectivity index (χ4n) is 2.31. The zero-order valence-corrected chi connectivity index (χ0v) is 14.8. The van der Waals surface area contributed by atoms with Crippen molar-refractivity contribution in [2.45, 2.75) is 84.1 Å². The second-order valence-corrected chi connectivity index (χ2v) is 7.84. The Morgan fingerprint density at radius 2 is 1.48 bits per heavy atom. The fourth-order valence-corrected chi connectivity index (χ4v) is 2.31. The third-order valence-corrected chi connectivity index (χ3v) is 3.19. The number of ether oxygens (including phenoxy) is 2. The van der Waals surface area contributed by atoms with Crippen LogP contribution in [-0.2, 0) is 14.3 Å². The smallest absolute Gasteiger partial charge is 0.420 e. The maximum atomic E-state index is 12.5. The third kappa shape index (κ3) is 6.17. The monoisotopic (exact) mass is 328 g/mol. The first kappa shape index (κ1) is 19.4. The molecule has 132 valence electrons. The summed E-state index contributed by atoms with van der Waals surface area (Å²) < 4.78 is 10.6. The molecule has 7 heteroatoms. The molecule has 0 radical (unpaired) electrons. The largest absolute Gasteiger partial charge is 0.443 e. The van der Waals surface area contributed by atoms with Crippen LogP contribution >= 0.6 is 0 Å². The quantitative estimate of drug-likeness (QED) is 0.794. The van der Waals surface area contributed by atoms with E-state index in [9.17, 15) is 14.4 Å². The van der Waals surface area contributed by atoms with Crippen LogP contribution in [0.1, 0.15) is 60.8 Å². The van der Waals surface area contributed by atoms with Gasteiger partial charge >= 0.3 is 12.2 Å². The Morgan fingerprint density at radius 1 is 1.04 bits per heavy atom. The molecule has 7 nitrogen and oxygen atoms in total. The van der Waals surface area contributed by atoms with Gasteiger partial charge in [-0.05, 0) is 48.0 Å². The molecule has 0 aromatic rings. The SMILES string of the molecule is CC(C)(C)OC(=O)N(C(=O)OC(C)(C)C)C1CCC(=O)CC1N. The van der Waals surface area contributed by atoms with Gasteiger partial charge in [-0.25, -0.2) is 14.5 Å². The van der Waals surface area contributed by atoms with Crippen molar-refractivity contribution in [1.82, 2.24) is 4.90 Å². The number of nitrogens with zero attached hydrogens (tertiary/aromatic N) is 1. The predicted molar refractivity (Wildman–Crippen MR) is 84.9 cm³/mol. The van der Waals surface area contributed by atoms with Crippen molar-refractivity contribution in [3.05, 3.63) is 0 Å². The summed E-state index contributed by atoms with van der Waals surface area (Å²) in [4.78, 5) is 37.4. The lowest BCUT2D eigenvalue weighted by Crippen LogP contribution is -2.57. The van der Waals surface area contributed by atoms with Crippen LogP contribution in [0, 0.1) is 0 Å². The average molecular weight is 328 g/mol. The molecule has 1 rings (SSSR count). The minimum Gasteiger partial charge on any atom is -0.443 e. The Balaban J connectivity index is 3.03. The number of ketones is 1. The van der Waals surface area contributed by atoms with Crippen molar-refractivity contribution in [3.8, 4) is 0 Å². The Bertz CT molecular complexity index is 448. The number of nitrogens with two attached hydrogens (primary N) is 1. The standard InChI is InChI=1S/C16H28N2O5/c1-15(2,3)22-13(20)18(14(21)23-16(4,5)6)12-8-7-10(19)9-11(12)17/h11-12H,7-9,17H2,1-6H3. The van der Waals surface area contributed by atoms with Crippen molar-refractivity contribution in [1.29, 1.82) is 0 Å². The molecule has 2 atom stereocenters. The molecule has 1 saturated carbocycles. The number of imide groups is 1. The number of hydrogen-bond acceptors (Lipinski definition) is 6. The van der Waals surface area contributed by atoms with Gasteiger partial charge in [0, 0.05) is 18.9 Å². The maximum Gasteiger partial charge on any atom is 0.420 e. The second kappa shape index (κ2) is 6.86. The summed E-state index contributed by atoms with van der Waals surface area (Å²) in [7, 11) is 0. The Morgan fingerprint density at radius 3 is 1.83 bits per heavy atom. The summed E-state index contributed by atoms with van der Waals surface area (Å²) in [6.45, 7) is 10.3. The third-order valence-electron chi connectivity index (χ3n) is 3.19. The van der Waals surface area contributed by atoms with Crippen LogP contribution in [-0.4, -0.2) is 46.2 Å². The summed E-state index contributed by atoms with van der Waals surface area (Å²) >= 11 is 0. The van der Waals surface area contributed by atoms with E-state index < -0.39 is 35.5 Å². The van der Waals surface area contributed by atoms with Crippen LogP contribution in [0.2, 0.25) is 0 Å². The van der Waals surface area contributed by atoms with Crippen LogP contribution in [0.5, 0.6) is 0 Å². The molecule has 0 heterocycles. The number of amides is 2. The summed E-state index contributed by atoms with van der Waals surface area (Å²) in [6, 6.07) is -1.23. The first-order valence-corrected chi connectivity index (χ1v) is 7.82. The zero-order valence-electron chi connectivity index (χ0n) is 14.8. The first-order valence-electron chi connectivity index (χ1n) is 7.82. The lowest BCUT2D eigenvalue weighted by molar-refractivity contribution is -0.121. The molecule has 0 aliphatic heterocycles. The average Bonchev–Trinajstić information content (AvgIpc) is 2.27. The van der Waals surface area contributed by atoms with Crippen molar-refractivity contribution >= 4 is 18.0 Å². The van der Waals surface area contributed by atoms with E-state index in [4.69, 9.17) is 15.2 Å². The highest BCUT2D eigenvalue weighted by molar-refractivity contribution is 5.89. The van der Waals surface area contributed by atoms with Crippen molar-refractivity contribution < 1.29 is 23.9 Å².